The van der Waals surface area contributed by atoms with Crippen LogP contribution in [0.15, 0.2) is 48.8 Å². The standard InChI is InChI=1S/C16H18NO2/c1-3-17-11-10-14(13-8-6-5-7-9-13)15(12-17)16(18)19-4-2/h5-12H,3-4H2,1-2H3/q+1. The Hall–Kier alpha value is -2.16. The van der Waals surface area contributed by atoms with Gasteiger partial charge in [-0.25, -0.2) is 9.36 Å². The van der Waals surface area contributed by atoms with Crippen LogP contribution in [0.4, 0.5) is 0 Å². The van der Waals surface area contributed by atoms with Crippen LogP contribution >= 0.6 is 0 Å². The van der Waals surface area contributed by atoms with Gasteiger partial charge in [0.1, 0.15) is 12.1 Å². The second-order valence-corrected chi connectivity index (χ2v) is 4.19. The summed E-state index contributed by atoms with van der Waals surface area (Å²) in [6.07, 6.45) is 3.82. The zero-order chi connectivity index (χ0) is 13.7. The van der Waals surface area contributed by atoms with Crippen molar-refractivity contribution in [2.24, 2.45) is 0 Å². The minimum Gasteiger partial charge on any atom is -0.462 e. The molecule has 1 heterocycles. The molecule has 3 nitrogen and oxygen atoms in total. The van der Waals surface area contributed by atoms with E-state index in [1.807, 2.05) is 67.2 Å². The van der Waals surface area contributed by atoms with Gasteiger partial charge in [0.2, 0.25) is 0 Å². The molecular formula is C16H18NO2+. The maximum atomic E-state index is 12.1. The van der Waals surface area contributed by atoms with Crippen molar-refractivity contribution in [1.29, 1.82) is 0 Å². The van der Waals surface area contributed by atoms with E-state index in [0.29, 0.717) is 12.2 Å². The van der Waals surface area contributed by atoms with Crippen LogP contribution in [-0.2, 0) is 11.3 Å². The Labute approximate surface area is 113 Å². The maximum Gasteiger partial charge on any atom is 0.344 e. The van der Waals surface area contributed by atoms with Gasteiger partial charge in [0.25, 0.3) is 0 Å². The van der Waals surface area contributed by atoms with E-state index in [4.69, 9.17) is 4.74 Å². The average Bonchev–Trinajstić information content (AvgIpc) is 2.47. The maximum absolute atomic E-state index is 12.1. The monoisotopic (exact) mass is 256 g/mol. The van der Waals surface area contributed by atoms with Crippen LogP contribution in [-0.4, -0.2) is 12.6 Å². The van der Waals surface area contributed by atoms with E-state index in [1.165, 1.54) is 0 Å². The van der Waals surface area contributed by atoms with E-state index in [2.05, 4.69) is 0 Å². The number of aryl methyl sites for hydroxylation is 1. The highest BCUT2D eigenvalue weighted by Gasteiger charge is 2.18. The molecule has 1 aromatic heterocycles. The van der Waals surface area contributed by atoms with Gasteiger partial charge < -0.3 is 4.74 Å². The van der Waals surface area contributed by atoms with Gasteiger partial charge >= 0.3 is 5.97 Å². The van der Waals surface area contributed by atoms with Crippen LogP contribution < -0.4 is 4.57 Å². The van der Waals surface area contributed by atoms with Crippen molar-refractivity contribution in [2.75, 3.05) is 6.61 Å². The Morgan fingerprint density at radius 1 is 1.16 bits per heavy atom. The van der Waals surface area contributed by atoms with E-state index in [1.54, 1.807) is 0 Å². The number of hydrogen-bond donors (Lipinski definition) is 0. The van der Waals surface area contributed by atoms with Crippen molar-refractivity contribution < 1.29 is 14.1 Å². The molecule has 2 rings (SSSR count). The van der Waals surface area contributed by atoms with Crippen molar-refractivity contribution in [2.45, 2.75) is 20.4 Å². The third-order valence-corrected chi connectivity index (χ3v) is 2.96. The number of carbonyl (C=O) groups is 1. The SMILES string of the molecule is CCOC(=O)c1c[n+](CC)ccc1-c1ccccc1. The zero-order valence-electron chi connectivity index (χ0n) is 11.3. The first-order chi connectivity index (χ1) is 9.26. The third-order valence-electron chi connectivity index (χ3n) is 2.96. The smallest absolute Gasteiger partial charge is 0.344 e. The number of carbonyl (C=O) groups excluding carboxylic acids is 1. The van der Waals surface area contributed by atoms with E-state index in [0.717, 1.165) is 17.7 Å². The number of ether oxygens (including phenoxy) is 1. The summed E-state index contributed by atoms with van der Waals surface area (Å²) in [6.45, 7) is 5.06. The molecule has 0 bridgehead atoms. The highest BCUT2D eigenvalue weighted by molar-refractivity contribution is 5.96. The highest BCUT2D eigenvalue weighted by atomic mass is 16.5. The highest BCUT2D eigenvalue weighted by Crippen LogP contribution is 2.22. The summed E-state index contributed by atoms with van der Waals surface area (Å²) in [5, 5.41) is 0. The molecule has 3 heteroatoms. The molecule has 98 valence electrons. The van der Waals surface area contributed by atoms with E-state index in [-0.39, 0.29) is 5.97 Å². The van der Waals surface area contributed by atoms with Crippen LogP contribution in [0.25, 0.3) is 11.1 Å². The fraction of sp³-hybridized carbons (Fsp3) is 0.250. The first-order valence-electron chi connectivity index (χ1n) is 6.52. The summed E-state index contributed by atoms with van der Waals surface area (Å²) in [5.41, 5.74) is 2.54. The lowest BCUT2D eigenvalue weighted by Crippen LogP contribution is -2.32. The second kappa shape index (κ2) is 6.14. The Bertz CT molecular complexity index is 564. The predicted octanol–water partition coefficient (Wildman–Crippen LogP) is 2.84. The first-order valence-corrected chi connectivity index (χ1v) is 6.52. The second-order valence-electron chi connectivity index (χ2n) is 4.19. The lowest BCUT2D eigenvalue weighted by Gasteiger charge is -2.07. The number of nitrogens with zero attached hydrogens (tertiary/aromatic N) is 1. The average molecular weight is 256 g/mol. The number of pyridine rings is 1. The number of rotatable bonds is 4. The molecule has 0 aliphatic carbocycles. The molecule has 0 amide bonds. The van der Waals surface area contributed by atoms with Gasteiger partial charge in [-0.3, -0.25) is 0 Å². The summed E-state index contributed by atoms with van der Waals surface area (Å²) >= 11 is 0. The van der Waals surface area contributed by atoms with E-state index < -0.39 is 0 Å². The van der Waals surface area contributed by atoms with Gasteiger partial charge in [-0.05, 0) is 19.4 Å². The number of benzene rings is 1. The van der Waals surface area contributed by atoms with Crippen molar-refractivity contribution >= 4 is 5.97 Å². The summed E-state index contributed by atoms with van der Waals surface area (Å²) in [7, 11) is 0. The summed E-state index contributed by atoms with van der Waals surface area (Å²) in [5.74, 6) is -0.274. The number of esters is 1. The molecule has 0 spiro atoms. The molecular weight excluding hydrogens is 238 g/mol. The molecule has 0 saturated carbocycles. The molecule has 0 aliphatic rings. The van der Waals surface area contributed by atoms with Gasteiger partial charge in [0.05, 0.1) is 6.61 Å². The molecule has 19 heavy (non-hydrogen) atoms. The molecule has 0 N–H and O–H groups in total. The van der Waals surface area contributed by atoms with Gasteiger partial charge in [0, 0.05) is 11.6 Å². The lowest BCUT2D eigenvalue weighted by atomic mass is 10.0. The number of aromatic nitrogens is 1. The largest absolute Gasteiger partial charge is 0.462 e. The Morgan fingerprint density at radius 3 is 2.53 bits per heavy atom. The molecule has 0 atom stereocenters. The molecule has 2 aromatic rings. The summed E-state index contributed by atoms with van der Waals surface area (Å²) < 4.78 is 7.11. The molecule has 0 saturated heterocycles. The Morgan fingerprint density at radius 2 is 1.89 bits per heavy atom. The quantitative estimate of drug-likeness (QED) is 0.622. The van der Waals surface area contributed by atoms with Gasteiger partial charge in [-0.15, -0.1) is 0 Å². The van der Waals surface area contributed by atoms with Crippen molar-refractivity contribution in [1.82, 2.24) is 0 Å². The zero-order valence-corrected chi connectivity index (χ0v) is 11.3. The third kappa shape index (κ3) is 2.99. The minimum atomic E-state index is -0.274. The topological polar surface area (TPSA) is 30.2 Å². The molecule has 1 aromatic carbocycles. The fourth-order valence-electron chi connectivity index (χ4n) is 1.98. The summed E-state index contributed by atoms with van der Waals surface area (Å²) in [6, 6.07) is 11.8. The molecule has 0 radical (unpaired) electrons. The van der Waals surface area contributed by atoms with Crippen molar-refractivity contribution in [3.63, 3.8) is 0 Å². The van der Waals surface area contributed by atoms with Crippen molar-refractivity contribution in [3.8, 4) is 11.1 Å². The van der Waals surface area contributed by atoms with Crippen LogP contribution in [0.5, 0.6) is 0 Å². The van der Waals surface area contributed by atoms with Crippen molar-refractivity contribution in [3.05, 3.63) is 54.4 Å². The van der Waals surface area contributed by atoms with Gasteiger partial charge in [-0.2, -0.15) is 0 Å². The van der Waals surface area contributed by atoms with E-state index in [9.17, 15) is 4.79 Å². The van der Waals surface area contributed by atoms with Crippen LogP contribution in [0.1, 0.15) is 24.2 Å². The van der Waals surface area contributed by atoms with E-state index >= 15 is 0 Å². The van der Waals surface area contributed by atoms with Crippen LogP contribution in [0, 0.1) is 0 Å². The van der Waals surface area contributed by atoms with Gasteiger partial charge in [-0.1, -0.05) is 30.3 Å². The lowest BCUT2D eigenvalue weighted by molar-refractivity contribution is -0.693. The minimum absolute atomic E-state index is 0.274. The van der Waals surface area contributed by atoms with Crippen LogP contribution in [0.2, 0.25) is 0 Å². The number of hydrogen-bond acceptors (Lipinski definition) is 2. The summed E-state index contributed by atoms with van der Waals surface area (Å²) in [4.78, 5) is 12.1. The predicted molar refractivity (Wildman–Crippen MR) is 73.7 cm³/mol. The van der Waals surface area contributed by atoms with Gasteiger partial charge in [0.15, 0.2) is 12.4 Å². The first kappa shape index (κ1) is 13.3. The van der Waals surface area contributed by atoms with Crippen LogP contribution in [0.3, 0.4) is 0 Å². The molecule has 0 fully saturated rings. The Balaban J connectivity index is 2.51. The molecule has 0 aliphatic heterocycles. The molecule has 0 unspecified atom stereocenters. The fourth-order valence-corrected chi connectivity index (χ4v) is 1.98. The normalized spacial score (nSPS) is 10.2. The Kier molecular flexibility index (Phi) is 4.29.